The Balaban J connectivity index is 2.28. The average molecular weight is 293 g/mol. The summed E-state index contributed by atoms with van der Waals surface area (Å²) >= 11 is 12.0. The highest BCUT2D eigenvalue weighted by Gasteiger charge is 2.12. The first-order valence-electron chi connectivity index (χ1n) is 5.71. The molecule has 0 aliphatic rings. The van der Waals surface area contributed by atoms with Crippen molar-refractivity contribution in [2.45, 2.75) is 13.8 Å². The summed E-state index contributed by atoms with van der Waals surface area (Å²) in [5.74, 6) is 1.48. The number of hydrogen-bond donors (Lipinski definition) is 0. The summed E-state index contributed by atoms with van der Waals surface area (Å²) in [6, 6.07) is 7.44. The lowest BCUT2D eigenvalue weighted by Crippen LogP contribution is -1.98. The quantitative estimate of drug-likeness (QED) is 0.642. The Morgan fingerprint density at radius 1 is 1.05 bits per heavy atom. The smallest absolute Gasteiger partial charge is 0.169 e. The zero-order valence-corrected chi connectivity index (χ0v) is 11.9. The maximum atomic E-state index is 6.04. The van der Waals surface area contributed by atoms with Gasteiger partial charge in [-0.15, -0.1) is 10.2 Å². The summed E-state index contributed by atoms with van der Waals surface area (Å²) in [6.45, 7) is 3.82. The van der Waals surface area contributed by atoms with Gasteiger partial charge in [-0.1, -0.05) is 23.2 Å². The summed E-state index contributed by atoms with van der Waals surface area (Å²) < 4.78 is 1.87. The number of benzene rings is 1. The molecule has 4 nitrogen and oxygen atoms in total. The van der Waals surface area contributed by atoms with Gasteiger partial charge < -0.3 is 0 Å². The van der Waals surface area contributed by atoms with Crippen LogP contribution in [-0.4, -0.2) is 19.6 Å². The van der Waals surface area contributed by atoms with Gasteiger partial charge in [-0.05, 0) is 37.6 Å². The number of halogens is 2. The number of rotatable bonds is 1. The molecule has 0 radical (unpaired) electrons. The van der Waals surface area contributed by atoms with Gasteiger partial charge in [-0.2, -0.15) is 0 Å². The predicted octanol–water partition coefficient (Wildman–Crippen LogP) is 3.71. The fraction of sp³-hybridized carbons (Fsp3) is 0.154. The van der Waals surface area contributed by atoms with Crippen molar-refractivity contribution in [3.05, 3.63) is 45.8 Å². The minimum Gasteiger partial charge on any atom is -0.263 e. The van der Waals surface area contributed by atoms with Crippen molar-refractivity contribution < 1.29 is 0 Å². The molecule has 96 valence electrons. The van der Waals surface area contributed by atoms with Crippen molar-refractivity contribution in [2.24, 2.45) is 0 Å². The monoisotopic (exact) mass is 292 g/mol. The van der Waals surface area contributed by atoms with Gasteiger partial charge >= 0.3 is 0 Å². The molecule has 0 fully saturated rings. The summed E-state index contributed by atoms with van der Waals surface area (Å²) in [7, 11) is 0. The molecule has 0 aliphatic carbocycles. The number of fused-ring (bicyclic) bond motifs is 1. The molecule has 0 saturated carbocycles. The van der Waals surface area contributed by atoms with E-state index in [9.17, 15) is 0 Å². The van der Waals surface area contributed by atoms with Gasteiger partial charge in [0.25, 0.3) is 0 Å². The molecule has 3 aromatic rings. The first kappa shape index (κ1) is 12.4. The Labute approximate surface area is 120 Å². The average Bonchev–Trinajstić information content (AvgIpc) is 2.76. The summed E-state index contributed by atoms with van der Waals surface area (Å²) in [5, 5.41) is 9.48. The van der Waals surface area contributed by atoms with Crippen molar-refractivity contribution >= 4 is 28.8 Å². The maximum absolute atomic E-state index is 6.04. The van der Waals surface area contributed by atoms with E-state index in [1.54, 1.807) is 6.07 Å². The Morgan fingerprint density at radius 2 is 1.84 bits per heavy atom. The second-order valence-corrected chi connectivity index (χ2v) is 5.10. The molecule has 0 aliphatic heterocycles. The van der Waals surface area contributed by atoms with Gasteiger partial charge in [0.05, 0.1) is 0 Å². The molecule has 0 N–H and O–H groups in total. The van der Waals surface area contributed by atoms with Crippen molar-refractivity contribution in [3.63, 3.8) is 0 Å². The van der Waals surface area contributed by atoms with Crippen LogP contribution in [0.25, 0.3) is 17.0 Å². The third kappa shape index (κ3) is 2.07. The molecule has 0 amide bonds. The van der Waals surface area contributed by atoms with E-state index in [0.717, 1.165) is 27.8 Å². The first-order valence-corrected chi connectivity index (χ1v) is 6.46. The zero-order valence-electron chi connectivity index (χ0n) is 10.4. The number of hydrogen-bond acceptors (Lipinski definition) is 3. The molecular weight excluding hydrogens is 283 g/mol. The second-order valence-electron chi connectivity index (χ2n) is 4.31. The van der Waals surface area contributed by atoms with Gasteiger partial charge in [0.1, 0.15) is 11.0 Å². The lowest BCUT2D eigenvalue weighted by Gasteiger charge is -2.05. The van der Waals surface area contributed by atoms with Gasteiger partial charge in [0.15, 0.2) is 11.5 Å². The third-order valence-corrected chi connectivity index (χ3v) is 3.56. The van der Waals surface area contributed by atoms with Crippen molar-refractivity contribution in [1.29, 1.82) is 0 Å². The number of aryl methyl sites for hydroxylation is 2. The van der Waals surface area contributed by atoms with Crippen LogP contribution in [0.15, 0.2) is 24.3 Å². The van der Waals surface area contributed by atoms with Crippen LogP contribution in [0.4, 0.5) is 0 Å². The van der Waals surface area contributed by atoms with E-state index < -0.39 is 0 Å². The predicted molar refractivity (Wildman–Crippen MR) is 75.7 cm³/mol. The van der Waals surface area contributed by atoms with Crippen molar-refractivity contribution in [2.75, 3.05) is 0 Å². The van der Waals surface area contributed by atoms with Crippen LogP contribution in [0.2, 0.25) is 10.2 Å². The van der Waals surface area contributed by atoms with Crippen LogP contribution >= 0.6 is 23.2 Å². The molecule has 0 spiro atoms. The molecule has 19 heavy (non-hydrogen) atoms. The van der Waals surface area contributed by atoms with Gasteiger partial charge in [-0.25, -0.2) is 4.98 Å². The summed E-state index contributed by atoms with van der Waals surface area (Å²) in [4.78, 5) is 4.22. The van der Waals surface area contributed by atoms with Crippen LogP contribution in [-0.2, 0) is 0 Å². The zero-order chi connectivity index (χ0) is 13.6. The van der Waals surface area contributed by atoms with E-state index in [4.69, 9.17) is 23.2 Å². The standard InChI is InChI=1S/C13H10Cl2N4/c1-7-5-9(3-4-10(7)14)13-18-17-12-6-11(15)16-8(2)19(12)13/h3-6H,1-2H3. The van der Waals surface area contributed by atoms with Gasteiger partial charge in [0.2, 0.25) is 0 Å². The van der Waals surface area contributed by atoms with Crippen LogP contribution < -0.4 is 0 Å². The molecule has 0 atom stereocenters. The lowest BCUT2D eigenvalue weighted by atomic mass is 10.1. The molecule has 0 saturated heterocycles. The van der Waals surface area contributed by atoms with Gasteiger partial charge in [0, 0.05) is 16.7 Å². The Bertz CT molecular complexity index is 780. The number of nitrogens with zero attached hydrogens (tertiary/aromatic N) is 4. The molecular formula is C13H10Cl2N4. The molecule has 3 rings (SSSR count). The lowest BCUT2D eigenvalue weighted by molar-refractivity contribution is 0.988. The van der Waals surface area contributed by atoms with E-state index >= 15 is 0 Å². The third-order valence-electron chi connectivity index (χ3n) is 2.94. The van der Waals surface area contributed by atoms with Crippen LogP contribution in [0.3, 0.4) is 0 Å². The van der Waals surface area contributed by atoms with Gasteiger partial charge in [-0.3, -0.25) is 4.40 Å². The molecule has 0 bridgehead atoms. The van der Waals surface area contributed by atoms with E-state index in [1.807, 2.05) is 36.4 Å². The van der Waals surface area contributed by atoms with E-state index in [0.29, 0.717) is 10.8 Å². The van der Waals surface area contributed by atoms with Crippen LogP contribution in [0.5, 0.6) is 0 Å². The largest absolute Gasteiger partial charge is 0.263 e. The fourth-order valence-electron chi connectivity index (χ4n) is 2.02. The minimum absolute atomic E-state index is 0.413. The molecule has 2 heterocycles. The molecule has 2 aromatic heterocycles. The molecule has 6 heteroatoms. The van der Waals surface area contributed by atoms with Crippen LogP contribution in [0, 0.1) is 13.8 Å². The minimum atomic E-state index is 0.413. The van der Waals surface area contributed by atoms with E-state index in [1.165, 1.54) is 0 Å². The van der Waals surface area contributed by atoms with E-state index in [-0.39, 0.29) is 0 Å². The summed E-state index contributed by atoms with van der Waals surface area (Å²) in [6.07, 6.45) is 0. The normalized spacial score (nSPS) is 11.2. The Morgan fingerprint density at radius 3 is 2.58 bits per heavy atom. The molecule has 0 unspecified atom stereocenters. The maximum Gasteiger partial charge on any atom is 0.169 e. The number of aromatic nitrogens is 4. The topological polar surface area (TPSA) is 43.1 Å². The highest BCUT2D eigenvalue weighted by atomic mass is 35.5. The fourth-order valence-corrected chi connectivity index (χ4v) is 2.36. The van der Waals surface area contributed by atoms with Crippen molar-refractivity contribution in [1.82, 2.24) is 19.6 Å². The highest BCUT2D eigenvalue weighted by Crippen LogP contribution is 2.25. The second kappa shape index (κ2) is 4.47. The van der Waals surface area contributed by atoms with Crippen molar-refractivity contribution in [3.8, 4) is 11.4 Å². The first-order chi connectivity index (χ1) is 9.06. The summed E-state index contributed by atoms with van der Waals surface area (Å²) in [5.41, 5.74) is 2.62. The SMILES string of the molecule is Cc1cc(-c2nnc3cc(Cl)nc(C)n23)ccc1Cl. The van der Waals surface area contributed by atoms with Crippen LogP contribution in [0.1, 0.15) is 11.4 Å². The Hall–Kier alpha value is -1.65. The molecule has 1 aromatic carbocycles. The highest BCUT2D eigenvalue weighted by molar-refractivity contribution is 6.31. The van der Waals surface area contributed by atoms with E-state index in [2.05, 4.69) is 15.2 Å². The Kier molecular flexibility index (Phi) is 2.92.